The van der Waals surface area contributed by atoms with Crippen molar-refractivity contribution in [3.8, 4) is 0 Å². The zero-order chi connectivity index (χ0) is 20.8. The maximum atomic E-state index is 13.0. The molecule has 1 N–H and O–H groups in total. The molecule has 0 fully saturated rings. The molecule has 1 aromatic heterocycles. The maximum Gasteiger partial charge on any atom is 0.248 e. The van der Waals surface area contributed by atoms with E-state index in [0.717, 1.165) is 5.56 Å². The number of aromatic nitrogens is 4. The lowest BCUT2D eigenvalue weighted by molar-refractivity contribution is -0.136. The normalized spacial score (nSPS) is 11.7. The molecule has 0 aliphatic rings. The minimum Gasteiger partial charge on any atom is -0.335 e. The van der Waals surface area contributed by atoms with Gasteiger partial charge in [-0.15, -0.1) is 5.10 Å². The van der Waals surface area contributed by atoms with E-state index in [1.54, 1.807) is 25.2 Å². The van der Waals surface area contributed by atoms with Crippen LogP contribution in [-0.4, -0.2) is 50.5 Å². The van der Waals surface area contributed by atoms with Gasteiger partial charge in [-0.2, -0.15) is 0 Å². The Bertz CT molecular complexity index is 982. The highest BCUT2D eigenvalue weighted by Crippen LogP contribution is 2.25. The van der Waals surface area contributed by atoms with Crippen LogP contribution < -0.4 is 5.32 Å². The number of carbonyl (C=O) groups excluding carboxylic acids is 2. The van der Waals surface area contributed by atoms with E-state index in [-0.39, 0.29) is 18.4 Å². The molecule has 0 radical (unpaired) electrons. The highest BCUT2D eigenvalue weighted by atomic mass is 35.5. The van der Waals surface area contributed by atoms with Gasteiger partial charge in [0.2, 0.25) is 11.8 Å². The Balaban J connectivity index is 1.68. The largest absolute Gasteiger partial charge is 0.335 e. The molecule has 3 aromatic rings. The van der Waals surface area contributed by atoms with E-state index >= 15 is 0 Å². The van der Waals surface area contributed by atoms with Crippen molar-refractivity contribution in [2.24, 2.45) is 0 Å². The van der Waals surface area contributed by atoms with Crippen LogP contribution in [0.5, 0.6) is 0 Å². The van der Waals surface area contributed by atoms with Crippen LogP contribution in [0.1, 0.15) is 11.6 Å². The van der Waals surface area contributed by atoms with Gasteiger partial charge in [0.05, 0.1) is 16.6 Å². The molecular formula is C19H18Cl2N6O2. The van der Waals surface area contributed by atoms with E-state index in [2.05, 4.69) is 20.8 Å². The van der Waals surface area contributed by atoms with Crippen LogP contribution in [0.4, 0.5) is 5.69 Å². The Hall–Kier alpha value is -2.97. The van der Waals surface area contributed by atoms with Crippen LogP contribution in [-0.2, 0) is 16.0 Å². The van der Waals surface area contributed by atoms with Crippen LogP contribution in [0, 0.1) is 0 Å². The second-order valence-electron chi connectivity index (χ2n) is 6.37. The summed E-state index contributed by atoms with van der Waals surface area (Å²) in [7, 11) is 1.55. The van der Waals surface area contributed by atoms with Gasteiger partial charge in [0.15, 0.2) is 0 Å². The summed E-state index contributed by atoms with van der Waals surface area (Å²) in [4.78, 5) is 26.7. The topological polar surface area (TPSA) is 93.0 Å². The van der Waals surface area contributed by atoms with E-state index < -0.39 is 6.04 Å². The predicted octanol–water partition coefficient (Wildman–Crippen LogP) is 2.86. The average molecular weight is 433 g/mol. The fourth-order valence-corrected chi connectivity index (χ4v) is 3.06. The number of halogens is 2. The van der Waals surface area contributed by atoms with Crippen LogP contribution in [0.2, 0.25) is 10.0 Å². The first-order chi connectivity index (χ1) is 13.9. The summed E-state index contributed by atoms with van der Waals surface area (Å²) in [6.07, 6.45) is 1.78. The van der Waals surface area contributed by atoms with Crippen molar-refractivity contribution in [3.63, 3.8) is 0 Å². The number of likely N-dealkylation sites (N-methyl/N-ethyl adjacent to an activating group) is 1. The Morgan fingerprint density at radius 3 is 2.55 bits per heavy atom. The number of benzene rings is 2. The van der Waals surface area contributed by atoms with Crippen molar-refractivity contribution in [1.82, 2.24) is 25.1 Å². The second kappa shape index (κ2) is 9.49. The van der Waals surface area contributed by atoms with Gasteiger partial charge in [-0.3, -0.25) is 9.59 Å². The Morgan fingerprint density at radius 2 is 1.90 bits per heavy atom. The van der Waals surface area contributed by atoms with Gasteiger partial charge in [-0.05, 0) is 34.2 Å². The summed E-state index contributed by atoms with van der Waals surface area (Å²) in [5, 5.41) is 14.5. The number of nitrogens with zero attached hydrogens (tertiary/aromatic N) is 5. The molecule has 0 bridgehead atoms. The van der Waals surface area contributed by atoms with E-state index in [1.807, 2.05) is 30.3 Å². The SMILES string of the molecule is CN(CC(=O)Nc1ccc(Cl)c(Cl)c1)C(=O)C(Cc1ccccc1)n1cnnn1. The fraction of sp³-hybridized carbons (Fsp3) is 0.211. The summed E-state index contributed by atoms with van der Waals surface area (Å²) in [5.41, 5.74) is 1.45. The van der Waals surface area contributed by atoms with Crippen molar-refractivity contribution < 1.29 is 9.59 Å². The first-order valence-electron chi connectivity index (χ1n) is 8.70. The van der Waals surface area contributed by atoms with Crippen LogP contribution >= 0.6 is 23.2 Å². The molecule has 0 saturated heterocycles. The van der Waals surface area contributed by atoms with E-state index in [0.29, 0.717) is 22.2 Å². The molecule has 1 unspecified atom stereocenters. The minimum atomic E-state index is -0.671. The monoisotopic (exact) mass is 432 g/mol. The molecule has 1 atom stereocenters. The number of rotatable bonds is 7. The average Bonchev–Trinajstić information content (AvgIpc) is 3.23. The van der Waals surface area contributed by atoms with E-state index in [4.69, 9.17) is 23.2 Å². The number of amides is 2. The minimum absolute atomic E-state index is 0.146. The second-order valence-corrected chi connectivity index (χ2v) is 7.18. The zero-order valence-electron chi connectivity index (χ0n) is 15.5. The van der Waals surface area contributed by atoms with Crippen molar-refractivity contribution >= 4 is 40.7 Å². The van der Waals surface area contributed by atoms with Crippen molar-refractivity contribution in [2.45, 2.75) is 12.5 Å². The Kier molecular flexibility index (Phi) is 6.79. The van der Waals surface area contributed by atoms with Gasteiger partial charge in [-0.25, -0.2) is 4.68 Å². The summed E-state index contributed by atoms with van der Waals surface area (Å²) in [6, 6.07) is 13.6. The third-order valence-electron chi connectivity index (χ3n) is 4.20. The molecular weight excluding hydrogens is 415 g/mol. The highest BCUT2D eigenvalue weighted by Gasteiger charge is 2.26. The first-order valence-corrected chi connectivity index (χ1v) is 9.46. The third-order valence-corrected chi connectivity index (χ3v) is 4.94. The summed E-state index contributed by atoms with van der Waals surface area (Å²) < 4.78 is 1.39. The van der Waals surface area contributed by atoms with Gasteiger partial charge < -0.3 is 10.2 Å². The van der Waals surface area contributed by atoms with Crippen molar-refractivity contribution in [1.29, 1.82) is 0 Å². The number of tetrazole rings is 1. The summed E-state index contributed by atoms with van der Waals surface area (Å²) >= 11 is 11.8. The van der Waals surface area contributed by atoms with Gasteiger partial charge in [-0.1, -0.05) is 53.5 Å². The molecule has 0 aliphatic carbocycles. The van der Waals surface area contributed by atoms with Crippen molar-refractivity contribution in [3.05, 3.63) is 70.5 Å². The molecule has 0 saturated carbocycles. The van der Waals surface area contributed by atoms with Crippen LogP contribution in [0.15, 0.2) is 54.9 Å². The third kappa shape index (κ3) is 5.52. The summed E-state index contributed by atoms with van der Waals surface area (Å²) in [6.45, 7) is -0.146. The molecule has 3 rings (SSSR count). The van der Waals surface area contributed by atoms with Gasteiger partial charge in [0.25, 0.3) is 0 Å². The first kappa shape index (κ1) is 20.8. The van der Waals surface area contributed by atoms with Gasteiger partial charge >= 0.3 is 0 Å². The molecule has 0 spiro atoms. The highest BCUT2D eigenvalue weighted by molar-refractivity contribution is 6.42. The zero-order valence-corrected chi connectivity index (χ0v) is 17.0. The van der Waals surface area contributed by atoms with Crippen LogP contribution in [0.25, 0.3) is 0 Å². The van der Waals surface area contributed by atoms with E-state index in [1.165, 1.54) is 15.9 Å². The molecule has 0 aliphatic heterocycles. The Labute approximate surface area is 177 Å². The van der Waals surface area contributed by atoms with Crippen molar-refractivity contribution in [2.75, 3.05) is 18.9 Å². The number of nitrogens with one attached hydrogen (secondary N) is 1. The lowest BCUT2D eigenvalue weighted by atomic mass is 10.1. The number of hydrogen-bond donors (Lipinski definition) is 1. The number of hydrogen-bond acceptors (Lipinski definition) is 5. The molecule has 29 heavy (non-hydrogen) atoms. The van der Waals surface area contributed by atoms with Crippen LogP contribution in [0.3, 0.4) is 0 Å². The lowest BCUT2D eigenvalue weighted by Crippen LogP contribution is -2.40. The standard InChI is InChI=1S/C19H18Cl2N6O2/c1-26(11-18(28)23-14-7-8-15(20)16(21)10-14)19(29)17(27-12-22-24-25-27)9-13-5-3-2-4-6-13/h2-8,10,12,17H,9,11H2,1H3,(H,23,28). The molecule has 2 amide bonds. The fourth-order valence-electron chi connectivity index (χ4n) is 2.76. The quantitative estimate of drug-likeness (QED) is 0.619. The molecule has 1 heterocycles. The lowest BCUT2D eigenvalue weighted by Gasteiger charge is -2.23. The molecule has 150 valence electrons. The Morgan fingerprint density at radius 1 is 1.14 bits per heavy atom. The predicted molar refractivity (Wildman–Crippen MR) is 110 cm³/mol. The number of anilines is 1. The van der Waals surface area contributed by atoms with E-state index in [9.17, 15) is 9.59 Å². The van der Waals surface area contributed by atoms with Gasteiger partial charge in [0, 0.05) is 19.2 Å². The van der Waals surface area contributed by atoms with Gasteiger partial charge in [0.1, 0.15) is 12.4 Å². The molecule has 2 aromatic carbocycles. The molecule has 8 nitrogen and oxygen atoms in total. The summed E-state index contributed by atoms with van der Waals surface area (Å²) in [5.74, 6) is -0.653. The molecule has 10 heteroatoms. The smallest absolute Gasteiger partial charge is 0.248 e. The maximum absolute atomic E-state index is 13.0. The number of carbonyl (C=O) groups is 2.